The van der Waals surface area contributed by atoms with Gasteiger partial charge in [-0.1, -0.05) is 0 Å². The fourth-order valence-corrected chi connectivity index (χ4v) is 1.87. The van der Waals surface area contributed by atoms with Gasteiger partial charge in [0.25, 0.3) is 0 Å². The average Bonchev–Trinajstić information content (AvgIpc) is 2.42. The first-order valence-corrected chi connectivity index (χ1v) is 6.48. The highest BCUT2D eigenvalue weighted by molar-refractivity contribution is 5.85. The monoisotopic (exact) mass is 293 g/mol. The van der Waals surface area contributed by atoms with Crippen LogP contribution in [0.2, 0.25) is 0 Å². The summed E-state index contributed by atoms with van der Waals surface area (Å²) in [5, 5.41) is 5.55. The summed E-state index contributed by atoms with van der Waals surface area (Å²) < 4.78 is 4.85. The molecule has 1 aliphatic rings. The van der Waals surface area contributed by atoms with Crippen molar-refractivity contribution in [3.8, 4) is 0 Å². The summed E-state index contributed by atoms with van der Waals surface area (Å²) in [6, 6.07) is 0. The lowest BCUT2D eigenvalue weighted by molar-refractivity contribution is -0.133. The number of hydrogen-bond donors (Lipinski definition) is 2. The average molecular weight is 294 g/mol. The molecule has 0 radical (unpaired) electrons. The van der Waals surface area contributed by atoms with Crippen molar-refractivity contribution in [1.82, 2.24) is 15.5 Å². The van der Waals surface area contributed by atoms with E-state index in [-0.39, 0.29) is 37.3 Å². The molecule has 112 valence electrons. The number of carbonyl (C=O) groups is 2. The minimum atomic E-state index is -0.156. The fraction of sp³-hybridized carbons (Fsp3) is 0.833. The number of ether oxygens (including phenoxy) is 1. The number of nitrogens with one attached hydrogen (secondary N) is 2. The second kappa shape index (κ2) is 11.0. The van der Waals surface area contributed by atoms with Gasteiger partial charge in [0.2, 0.25) is 11.8 Å². The number of carbonyl (C=O) groups excluding carboxylic acids is 2. The lowest BCUT2D eigenvalue weighted by Gasteiger charge is -2.26. The van der Waals surface area contributed by atoms with Gasteiger partial charge >= 0.3 is 0 Å². The van der Waals surface area contributed by atoms with E-state index < -0.39 is 0 Å². The molecule has 0 aromatic carbocycles. The van der Waals surface area contributed by atoms with Crippen LogP contribution in [-0.4, -0.2) is 63.2 Å². The Bertz CT molecular complexity index is 271. The van der Waals surface area contributed by atoms with E-state index >= 15 is 0 Å². The highest BCUT2D eigenvalue weighted by Gasteiger charge is 2.16. The van der Waals surface area contributed by atoms with Crippen LogP contribution in [0.15, 0.2) is 0 Å². The first-order valence-electron chi connectivity index (χ1n) is 6.48. The lowest BCUT2D eigenvalue weighted by Crippen LogP contribution is -2.44. The Morgan fingerprint density at radius 1 is 1.16 bits per heavy atom. The molecule has 0 aliphatic carbocycles. The van der Waals surface area contributed by atoms with Gasteiger partial charge in [-0.3, -0.25) is 9.59 Å². The van der Waals surface area contributed by atoms with E-state index in [0.29, 0.717) is 13.2 Å². The predicted octanol–water partition coefficient (Wildman–Crippen LogP) is -0.227. The van der Waals surface area contributed by atoms with E-state index in [2.05, 4.69) is 10.6 Å². The maximum atomic E-state index is 11.7. The second-order valence-corrected chi connectivity index (χ2v) is 4.39. The third-order valence-electron chi connectivity index (χ3n) is 2.91. The van der Waals surface area contributed by atoms with Crippen LogP contribution in [0.4, 0.5) is 0 Å². The number of amides is 2. The molecule has 1 heterocycles. The maximum absolute atomic E-state index is 11.7. The predicted molar refractivity (Wildman–Crippen MR) is 75.4 cm³/mol. The van der Waals surface area contributed by atoms with Crippen molar-refractivity contribution in [2.24, 2.45) is 0 Å². The quantitative estimate of drug-likeness (QED) is 0.636. The van der Waals surface area contributed by atoms with E-state index in [4.69, 9.17) is 4.74 Å². The number of halogens is 1. The zero-order chi connectivity index (χ0) is 13.2. The second-order valence-electron chi connectivity index (χ2n) is 4.39. The molecular formula is C12H24ClN3O3. The molecule has 0 aromatic heterocycles. The summed E-state index contributed by atoms with van der Waals surface area (Å²) in [5.41, 5.74) is 0. The molecule has 1 aliphatic heterocycles. The molecule has 2 N–H and O–H groups in total. The highest BCUT2D eigenvalue weighted by atomic mass is 35.5. The van der Waals surface area contributed by atoms with Gasteiger partial charge < -0.3 is 20.3 Å². The zero-order valence-corrected chi connectivity index (χ0v) is 12.3. The number of nitrogens with zero attached hydrogens (tertiary/aromatic N) is 1. The summed E-state index contributed by atoms with van der Waals surface area (Å²) in [6.07, 6.45) is 3.33. The van der Waals surface area contributed by atoms with Gasteiger partial charge in [0, 0.05) is 26.7 Å². The fourth-order valence-electron chi connectivity index (χ4n) is 1.87. The summed E-state index contributed by atoms with van der Waals surface area (Å²) in [6.45, 7) is 3.16. The lowest BCUT2D eigenvalue weighted by atomic mass is 10.1. The van der Waals surface area contributed by atoms with Crippen LogP contribution in [0.5, 0.6) is 0 Å². The van der Waals surface area contributed by atoms with Crippen LogP contribution in [0.25, 0.3) is 0 Å². The molecule has 7 heteroatoms. The van der Waals surface area contributed by atoms with Crippen molar-refractivity contribution < 1.29 is 14.3 Å². The largest absolute Gasteiger partial charge is 0.383 e. The molecule has 19 heavy (non-hydrogen) atoms. The normalized spacial score (nSPS) is 14.7. The molecule has 1 saturated heterocycles. The number of rotatable bonds is 7. The maximum Gasteiger partial charge on any atom is 0.241 e. The summed E-state index contributed by atoms with van der Waals surface area (Å²) in [5.74, 6) is -0.142. The standard InChI is InChI=1S/C12H23N3O3.ClH/c1-18-8-5-13-9-11(16)14-10-12(17)15-6-3-2-4-7-15;/h13H,2-10H2,1H3,(H,14,16);1H. The third-order valence-corrected chi connectivity index (χ3v) is 2.91. The molecular weight excluding hydrogens is 270 g/mol. The summed E-state index contributed by atoms with van der Waals surface area (Å²) >= 11 is 0. The minimum Gasteiger partial charge on any atom is -0.383 e. The van der Waals surface area contributed by atoms with Crippen molar-refractivity contribution in [1.29, 1.82) is 0 Å². The molecule has 6 nitrogen and oxygen atoms in total. The number of hydrogen-bond acceptors (Lipinski definition) is 4. The SMILES string of the molecule is COCCNCC(=O)NCC(=O)N1CCCCC1.Cl. The van der Waals surface area contributed by atoms with Crippen LogP contribution in [0.3, 0.4) is 0 Å². The third kappa shape index (κ3) is 8.02. The first-order chi connectivity index (χ1) is 8.74. The Kier molecular flexibility index (Phi) is 10.5. The van der Waals surface area contributed by atoms with E-state index in [1.54, 1.807) is 7.11 Å². The Hall–Kier alpha value is -0.850. The van der Waals surface area contributed by atoms with Crippen LogP contribution in [-0.2, 0) is 14.3 Å². The van der Waals surface area contributed by atoms with Gasteiger partial charge in [-0.2, -0.15) is 0 Å². The molecule has 0 atom stereocenters. The van der Waals surface area contributed by atoms with Gasteiger partial charge in [0.05, 0.1) is 19.7 Å². The molecule has 0 unspecified atom stereocenters. The molecule has 1 rings (SSSR count). The molecule has 1 fully saturated rings. The Labute approximate surface area is 120 Å². The summed E-state index contributed by atoms with van der Waals surface area (Å²) in [7, 11) is 1.61. The van der Waals surface area contributed by atoms with Gasteiger partial charge in [-0.15, -0.1) is 12.4 Å². The van der Waals surface area contributed by atoms with E-state index in [9.17, 15) is 9.59 Å². The summed E-state index contributed by atoms with van der Waals surface area (Å²) in [4.78, 5) is 25.0. The number of methoxy groups -OCH3 is 1. The molecule has 0 saturated carbocycles. The van der Waals surface area contributed by atoms with Crippen molar-refractivity contribution in [2.75, 3.05) is 46.4 Å². The number of likely N-dealkylation sites (tertiary alicyclic amines) is 1. The molecule has 0 aromatic rings. The smallest absolute Gasteiger partial charge is 0.241 e. The topological polar surface area (TPSA) is 70.7 Å². The van der Waals surface area contributed by atoms with Crippen LogP contribution in [0, 0.1) is 0 Å². The Morgan fingerprint density at radius 2 is 1.84 bits per heavy atom. The molecule has 0 bridgehead atoms. The minimum absolute atomic E-state index is 0. The van der Waals surface area contributed by atoms with Crippen LogP contribution in [0.1, 0.15) is 19.3 Å². The van der Waals surface area contributed by atoms with Crippen molar-refractivity contribution >= 4 is 24.2 Å². The van der Waals surface area contributed by atoms with E-state index in [1.165, 1.54) is 6.42 Å². The van der Waals surface area contributed by atoms with Crippen LogP contribution >= 0.6 is 12.4 Å². The van der Waals surface area contributed by atoms with Gasteiger partial charge in [0.15, 0.2) is 0 Å². The Morgan fingerprint density at radius 3 is 2.47 bits per heavy atom. The van der Waals surface area contributed by atoms with Gasteiger partial charge in [0.1, 0.15) is 0 Å². The van der Waals surface area contributed by atoms with Crippen molar-refractivity contribution in [3.05, 3.63) is 0 Å². The first kappa shape index (κ1) is 18.1. The van der Waals surface area contributed by atoms with Gasteiger partial charge in [-0.05, 0) is 19.3 Å². The van der Waals surface area contributed by atoms with Crippen molar-refractivity contribution in [2.45, 2.75) is 19.3 Å². The molecule has 0 spiro atoms. The van der Waals surface area contributed by atoms with Gasteiger partial charge in [-0.25, -0.2) is 0 Å². The highest BCUT2D eigenvalue weighted by Crippen LogP contribution is 2.07. The Balaban J connectivity index is 0.00000324. The zero-order valence-electron chi connectivity index (χ0n) is 11.4. The van der Waals surface area contributed by atoms with E-state index in [1.807, 2.05) is 4.90 Å². The van der Waals surface area contributed by atoms with Crippen molar-refractivity contribution in [3.63, 3.8) is 0 Å². The van der Waals surface area contributed by atoms with E-state index in [0.717, 1.165) is 25.9 Å². The van der Waals surface area contributed by atoms with Crippen LogP contribution < -0.4 is 10.6 Å². The molecule has 2 amide bonds. The number of piperidine rings is 1.